The van der Waals surface area contributed by atoms with Crippen LogP contribution in [0.3, 0.4) is 0 Å². The van der Waals surface area contributed by atoms with E-state index in [4.69, 9.17) is 0 Å². The van der Waals surface area contributed by atoms with Gasteiger partial charge in [-0.15, -0.1) is 11.3 Å². The van der Waals surface area contributed by atoms with Gasteiger partial charge in [0.05, 0.1) is 17.1 Å². The fourth-order valence-corrected chi connectivity index (χ4v) is 4.95. The summed E-state index contributed by atoms with van der Waals surface area (Å²) in [6.45, 7) is 4.08. The van der Waals surface area contributed by atoms with Crippen LogP contribution < -0.4 is 5.32 Å². The normalized spacial score (nSPS) is 17.2. The van der Waals surface area contributed by atoms with Crippen LogP contribution >= 0.6 is 11.3 Å². The monoisotopic (exact) mass is 450 g/mol. The predicted octanol–water partition coefficient (Wildman–Crippen LogP) is 4.71. The number of para-hydroxylation sites is 2. The Balaban J connectivity index is 1.49. The lowest BCUT2D eigenvalue weighted by Crippen LogP contribution is -2.42. The number of fused-ring (bicyclic) bond motifs is 1. The standard InChI is InChI=1S/C22H25F3N4OS/c1-15-8-10-28(11-9-15)18(19-7-4-12-31-19)13-26-20(30)14-29-17-6-3-2-5-16(17)27-21(29)22(23,24)25/h2-7,12,15,18H,8-11,13-14H2,1H3,(H,26,30)/t18-/m1/s1. The molecule has 0 saturated carbocycles. The van der Waals surface area contributed by atoms with Crippen LogP contribution in [0.15, 0.2) is 41.8 Å². The minimum absolute atomic E-state index is 0.0260. The zero-order chi connectivity index (χ0) is 22.0. The summed E-state index contributed by atoms with van der Waals surface area (Å²) < 4.78 is 41.4. The van der Waals surface area contributed by atoms with E-state index < -0.39 is 24.5 Å². The van der Waals surface area contributed by atoms with Crippen molar-refractivity contribution in [3.63, 3.8) is 0 Å². The highest BCUT2D eigenvalue weighted by Gasteiger charge is 2.38. The molecule has 2 aromatic heterocycles. The van der Waals surface area contributed by atoms with Gasteiger partial charge in [0.25, 0.3) is 0 Å². The van der Waals surface area contributed by atoms with Crippen molar-refractivity contribution in [3.05, 3.63) is 52.5 Å². The molecule has 3 heterocycles. The largest absolute Gasteiger partial charge is 0.449 e. The third-order valence-electron chi connectivity index (χ3n) is 5.83. The summed E-state index contributed by atoms with van der Waals surface area (Å²) in [6, 6.07) is 10.4. The zero-order valence-electron chi connectivity index (χ0n) is 17.2. The third-order valence-corrected chi connectivity index (χ3v) is 6.81. The number of rotatable bonds is 6. The number of carbonyl (C=O) groups is 1. The first-order valence-corrected chi connectivity index (χ1v) is 11.3. The lowest BCUT2D eigenvalue weighted by atomic mass is 9.97. The molecule has 0 unspecified atom stereocenters. The number of nitrogens with zero attached hydrogens (tertiary/aromatic N) is 3. The van der Waals surface area contributed by atoms with E-state index in [9.17, 15) is 18.0 Å². The molecule has 3 aromatic rings. The number of carbonyl (C=O) groups excluding carboxylic acids is 1. The molecule has 166 valence electrons. The quantitative estimate of drug-likeness (QED) is 0.592. The van der Waals surface area contributed by atoms with Gasteiger partial charge in [0, 0.05) is 11.4 Å². The van der Waals surface area contributed by atoms with E-state index >= 15 is 0 Å². The van der Waals surface area contributed by atoms with E-state index in [1.807, 2.05) is 17.5 Å². The van der Waals surface area contributed by atoms with Crippen molar-refractivity contribution in [2.24, 2.45) is 5.92 Å². The summed E-state index contributed by atoms with van der Waals surface area (Å²) in [6.07, 6.45) is -2.43. The lowest BCUT2D eigenvalue weighted by molar-refractivity contribution is -0.147. The number of alkyl halides is 3. The second-order valence-electron chi connectivity index (χ2n) is 8.06. The first kappa shape index (κ1) is 21.8. The maximum atomic E-state index is 13.5. The Bertz CT molecular complexity index is 1020. The van der Waals surface area contributed by atoms with Gasteiger partial charge in [0.2, 0.25) is 11.7 Å². The van der Waals surface area contributed by atoms with Crippen molar-refractivity contribution in [1.82, 2.24) is 19.8 Å². The summed E-state index contributed by atoms with van der Waals surface area (Å²) in [4.78, 5) is 19.9. The van der Waals surface area contributed by atoms with Crippen molar-refractivity contribution >= 4 is 28.3 Å². The van der Waals surface area contributed by atoms with E-state index in [1.165, 1.54) is 6.07 Å². The van der Waals surface area contributed by atoms with Crippen molar-refractivity contribution < 1.29 is 18.0 Å². The fourth-order valence-electron chi connectivity index (χ4n) is 4.09. The van der Waals surface area contributed by atoms with Crippen molar-refractivity contribution in [3.8, 4) is 0 Å². The first-order chi connectivity index (χ1) is 14.8. The molecule has 1 amide bonds. The Hall–Kier alpha value is -2.39. The van der Waals surface area contributed by atoms with Crippen molar-refractivity contribution in [2.45, 2.75) is 38.5 Å². The molecule has 0 aliphatic carbocycles. The van der Waals surface area contributed by atoms with E-state index in [1.54, 1.807) is 29.5 Å². The molecule has 1 aliphatic rings. The maximum absolute atomic E-state index is 13.5. The molecule has 1 aliphatic heterocycles. The van der Waals surface area contributed by atoms with Gasteiger partial charge in [-0.3, -0.25) is 9.69 Å². The van der Waals surface area contributed by atoms with Crippen molar-refractivity contribution in [1.29, 1.82) is 0 Å². The number of hydrogen-bond donors (Lipinski definition) is 1. The molecule has 1 aromatic carbocycles. The molecule has 0 spiro atoms. The SMILES string of the molecule is CC1CCN([C@H](CNC(=O)Cn2c(C(F)(F)F)nc3ccccc32)c2cccs2)CC1. The van der Waals surface area contributed by atoms with Crippen LogP contribution in [0.4, 0.5) is 13.2 Å². The number of halogens is 3. The highest BCUT2D eigenvalue weighted by atomic mass is 32.1. The molecule has 9 heteroatoms. The smallest absolute Gasteiger partial charge is 0.353 e. The van der Waals surface area contributed by atoms with Gasteiger partial charge >= 0.3 is 6.18 Å². The number of likely N-dealkylation sites (tertiary alicyclic amines) is 1. The number of thiophene rings is 1. The minimum Gasteiger partial charge on any atom is -0.353 e. The molecular formula is C22H25F3N4OS. The number of amides is 1. The summed E-state index contributed by atoms with van der Waals surface area (Å²) in [5, 5.41) is 4.88. The van der Waals surface area contributed by atoms with Gasteiger partial charge in [-0.05, 0) is 55.4 Å². The van der Waals surface area contributed by atoms with Crippen LogP contribution in [-0.4, -0.2) is 40.0 Å². The van der Waals surface area contributed by atoms with Crippen LogP contribution in [-0.2, 0) is 17.5 Å². The van der Waals surface area contributed by atoms with Crippen LogP contribution in [0.1, 0.15) is 36.5 Å². The molecule has 0 radical (unpaired) electrons. The Labute approximate surface area is 182 Å². The Morgan fingerprint density at radius 1 is 1.23 bits per heavy atom. The molecule has 5 nitrogen and oxygen atoms in total. The number of imidazole rings is 1. The maximum Gasteiger partial charge on any atom is 0.449 e. The molecule has 1 fully saturated rings. The molecular weight excluding hydrogens is 425 g/mol. The molecule has 1 atom stereocenters. The Morgan fingerprint density at radius 2 is 1.97 bits per heavy atom. The van der Waals surface area contributed by atoms with E-state index in [-0.39, 0.29) is 11.6 Å². The number of hydrogen-bond acceptors (Lipinski definition) is 4. The predicted molar refractivity (Wildman–Crippen MR) is 115 cm³/mol. The fraction of sp³-hybridized carbons (Fsp3) is 0.455. The Morgan fingerprint density at radius 3 is 2.65 bits per heavy atom. The number of piperidine rings is 1. The highest BCUT2D eigenvalue weighted by molar-refractivity contribution is 7.10. The van der Waals surface area contributed by atoms with E-state index in [2.05, 4.69) is 22.1 Å². The second kappa shape index (κ2) is 9.00. The number of nitrogens with one attached hydrogen (secondary N) is 1. The van der Waals surface area contributed by atoms with Gasteiger partial charge in [-0.25, -0.2) is 4.98 Å². The van der Waals surface area contributed by atoms with Gasteiger partial charge in [-0.1, -0.05) is 25.1 Å². The second-order valence-corrected chi connectivity index (χ2v) is 9.04. The zero-order valence-corrected chi connectivity index (χ0v) is 18.0. The van der Waals surface area contributed by atoms with Crippen LogP contribution in [0.25, 0.3) is 11.0 Å². The summed E-state index contributed by atoms with van der Waals surface area (Å²) >= 11 is 1.63. The summed E-state index contributed by atoms with van der Waals surface area (Å²) in [7, 11) is 0. The average Bonchev–Trinajstić information content (AvgIpc) is 3.38. The molecule has 0 bridgehead atoms. The van der Waals surface area contributed by atoms with E-state index in [0.29, 0.717) is 18.0 Å². The lowest BCUT2D eigenvalue weighted by Gasteiger charge is -2.36. The molecule has 1 saturated heterocycles. The van der Waals surface area contributed by atoms with Crippen molar-refractivity contribution in [2.75, 3.05) is 19.6 Å². The molecule has 4 rings (SSSR count). The Kier molecular flexibility index (Phi) is 6.34. The minimum atomic E-state index is -4.64. The van der Waals surface area contributed by atoms with Gasteiger partial charge < -0.3 is 9.88 Å². The van der Waals surface area contributed by atoms with Gasteiger partial charge in [-0.2, -0.15) is 13.2 Å². The molecule has 31 heavy (non-hydrogen) atoms. The average molecular weight is 451 g/mol. The van der Waals surface area contributed by atoms with Crippen LogP contribution in [0.5, 0.6) is 0 Å². The van der Waals surface area contributed by atoms with E-state index in [0.717, 1.165) is 35.4 Å². The summed E-state index contributed by atoms with van der Waals surface area (Å²) in [5.41, 5.74) is 0.520. The summed E-state index contributed by atoms with van der Waals surface area (Å²) in [5.74, 6) is -0.825. The van der Waals surface area contributed by atoms with Gasteiger partial charge in [0.15, 0.2) is 0 Å². The first-order valence-electron chi connectivity index (χ1n) is 10.4. The topological polar surface area (TPSA) is 50.2 Å². The third kappa shape index (κ3) is 4.93. The molecule has 1 N–H and O–H groups in total. The number of benzene rings is 1. The van der Waals surface area contributed by atoms with Gasteiger partial charge in [0.1, 0.15) is 6.54 Å². The van der Waals surface area contributed by atoms with Crippen LogP contribution in [0.2, 0.25) is 0 Å². The number of aromatic nitrogens is 2. The highest BCUT2D eigenvalue weighted by Crippen LogP contribution is 2.32. The van der Waals surface area contributed by atoms with Crippen LogP contribution in [0, 0.1) is 5.92 Å².